The molecule has 1 aliphatic heterocycles. The number of nitrogens with two attached hydrogens (primary N) is 1. The Morgan fingerprint density at radius 2 is 1.89 bits per heavy atom. The molecule has 0 aromatic heterocycles. The van der Waals surface area contributed by atoms with Gasteiger partial charge in [0, 0.05) is 5.57 Å². The average molecular weight is 258 g/mol. The number of hydrogen-bond donors (Lipinski definition) is 2. The van der Waals surface area contributed by atoms with Crippen LogP contribution in [0.4, 0.5) is 0 Å². The third kappa shape index (κ3) is 3.24. The van der Waals surface area contributed by atoms with Gasteiger partial charge in [0.15, 0.2) is 0 Å². The minimum Gasteiger partial charge on any atom is -0.366 e. The molecule has 0 unspecified atom stereocenters. The normalized spacial score (nSPS) is 17.9. The lowest BCUT2D eigenvalue weighted by atomic mass is 9.83. The first-order chi connectivity index (χ1) is 9.24. The highest BCUT2D eigenvalue weighted by atomic mass is 16.1. The number of benzene rings is 1. The Morgan fingerprint density at radius 3 is 2.42 bits per heavy atom. The van der Waals surface area contributed by atoms with E-state index >= 15 is 0 Å². The minimum atomic E-state index is -0.304. The molecule has 0 bridgehead atoms. The predicted octanol–water partition coefficient (Wildman–Crippen LogP) is 2.34. The number of allylic oxidation sites excluding steroid dienone is 1. The van der Waals surface area contributed by atoms with Crippen LogP contribution in [0, 0.1) is 5.92 Å². The lowest BCUT2D eigenvalue weighted by Gasteiger charge is -2.26. The maximum Gasteiger partial charge on any atom is 0.249 e. The van der Waals surface area contributed by atoms with Gasteiger partial charge in [0.2, 0.25) is 5.91 Å². The van der Waals surface area contributed by atoms with E-state index in [0.29, 0.717) is 5.92 Å². The molecule has 3 heteroatoms. The molecule has 1 aliphatic rings. The van der Waals surface area contributed by atoms with E-state index in [0.717, 1.165) is 43.5 Å². The van der Waals surface area contributed by atoms with Crippen molar-refractivity contribution in [3.8, 4) is 0 Å². The maximum atomic E-state index is 11.9. The monoisotopic (exact) mass is 258 g/mol. The zero-order valence-electron chi connectivity index (χ0n) is 11.5. The summed E-state index contributed by atoms with van der Waals surface area (Å²) in [5.41, 5.74) is 8.54. The first-order valence-corrected chi connectivity index (χ1v) is 7.03. The third-order valence-corrected chi connectivity index (χ3v) is 3.84. The van der Waals surface area contributed by atoms with Gasteiger partial charge in [0.1, 0.15) is 0 Å². The smallest absolute Gasteiger partial charge is 0.249 e. The Kier molecular flexibility index (Phi) is 4.74. The summed E-state index contributed by atoms with van der Waals surface area (Å²) in [4.78, 5) is 11.9. The molecule has 1 heterocycles. The number of nitrogens with one attached hydrogen (secondary N) is 1. The van der Waals surface area contributed by atoms with Crippen LogP contribution in [-0.2, 0) is 4.79 Å². The second-order valence-corrected chi connectivity index (χ2v) is 5.01. The van der Waals surface area contributed by atoms with Gasteiger partial charge < -0.3 is 11.1 Å². The number of rotatable bonds is 4. The van der Waals surface area contributed by atoms with Crippen LogP contribution in [0.1, 0.15) is 31.7 Å². The van der Waals surface area contributed by atoms with Gasteiger partial charge in [-0.05, 0) is 43.8 Å². The highest BCUT2D eigenvalue weighted by molar-refractivity contribution is 6.19. The molecule has 0 aliphatic carbocycles. The van der Waals surface area contributed by atoms with Crippen molar-refractivity contribution in [3.63, 3.8) is 0 Å². The van der Waals surface area contributed by atoms with E-state index in [1.54, 1.807) is 0 Å². The quantitative estimate of drug-likeness (QED) is 0.814. The van der Waals surface area contributed by atoms with Crippen LogP contribution >= 0.6 is 0 Å². The molecule has 0 saturated carbocycles. The van der Waals surface area contributed by atoms with Crippen molar-refractivity contribution < 1.29 is 4.79 Å². The fraction of sp³-hybridized carbons (Fsp3) is 0.438. The number of hydrogen-bond acceptors (Lipinski definition) is 2. The lowest BCUT2D eigenvalue weighted by Crippen LogP contribution is -2.30. The first kappa shape index (κ1) is 13.8. The van der Waals surface area contributed by atoms with Gasteiger partial charge >= 0.3 is 0 Å². The van der Waals surface area contributed by atoms with Crippen LogP contribution in [0.25, 0.3) is 5.57 Å². The summed E-state index contributed by atoms with van der Waals surface area (Å²) in [7, 11) is 0. The number of piperidine rings is 1. The van der Waals surface area contributed by atoms with E-state index < -0.39 is 0 Å². The molecule has 1 aromatic rings. The number of carbonyl (C=O) groups excluding carboxylic acids is 1. The lowest BCUT2D eigenvalue weighted by molar-refractivity contribution is -0.112. The second-order valence-electron chi connectivity index (χ2n) is 5.01. The van der Waals surface area contributed by atoms with Gasteiger partial charge in [-0.1, -0.05) is 42.8 Å². The predicted molar refractivity (Wildman–Crippen MR) is 78.4 cm³/mol. The van der Waals surface area contributed by atoms with Crippen LogP contribution in [-0.4, -0.2) is 19.0 Å². The van der Waals surface area contributed by atoms with E-state index in [2.05, 4.69) is 12.2 Å². The number of carbonyl (C=O) groups is 1. The van der Waals surface area contributed by atoms with Crippen LogP contribution in [0.2, 0.25) is 0 Å². The molecule has 0 atom stereocenters. The molecule has 0 spiro atoms. The molecular formula is C16H22N2O. The Bertz CT molecular complexity index is 459. The number of primary amides is 1. The van der Waals surface area contributed by atoms with Gasteiger partial charge in [-0.25, -0.2) is 0 Å². The minimum absolute atomic E-state index is 0.304. The van der Waals surface area contributed by atoms with Crippen molar-refractivity contribution in [2.75, 3.05) is 13.1 Å². The summed E-state index contributed by atoms with van der Waals surface area (Å²) in [5.74, 6) is 0.176. The largest absolute Gasteiger partial charge is 0.366 e. The molecule has 1 amide bonds. The standard InChI is InChI=1S/C16H22N2O/c1-2-14(12-8-10-18-11-9-12)15(16(17)19)13-6-4-3-5-7-13/h3-7,12,18H,2,8-11H2,1H3,(H2,17,19). The SMILES string of the molecule is CCC(=C(C(N)=O)c1ccccc1)C1CCNCC1. The van der Waals surface area contributed by atoms with Crippen LogP contribution < -0.4 is 11.1 Å². The van der Waals surface area contributed by atoms with E-state index in [1.807, 2.05) is 30.3 Å². The Labute approximate surface area is 114 Å². The molecule has 1 aromatic carbocycles. The summed E-state index contributed by atoms with van der Waals surface area (Å²) in [6.07, 6.45) is 3.07. The second kappa shape index (κ2) is 6.53. The third-order valence-electron chi connectivity index (χ3n) is 3.84. The van der Waals surface area contributed by atoms with Crippen molar-refractivity contribution in [1.29, 1.82) is 0 Å². The molecule has 19 heavy (non-hydrogen) atoms. The number of amides is 1. The van der Waals surface area contributed by atoms with Gasteiger partial charge in [0.05, 0.1) is 0 Å². The fourth-order valence-electron chi connectivity index (χ4n) is 2.93. The average Bonchev–Trinajstić information content (AvgIpc) is 2.46. The molecule has 0 radical (unpaired) electrons. The molecule has 3 nitrogen and oxygen atoms in total. The molecule has 1 fully saturated rings. The zero-order valence-corrected chi connectivity index (χ0v) is 11.5. The summed E-state index contributed by atoms with van der Waals surface area (Å²) < 4.78 is 0. The van der Waals surface area contributed by atoms with Gasteiger partial charge in [-0.2, -0.15) is 0 Å². The summed E-state index contributed by atoms with van der Waals surface area (Å²) >= 11 is 0. The van der Waals surface area contributed by atoms with Crippen molar-refractivity contribution in [2.45, 2.75) is 26.2 Å². The highest BCUT2D eigenvalue weighted by Crippen LogP contribution is 2.31. The van der Waals surface area contributed by atoms with Gasteiger partial charge in [0.25, 0.3) is 0 Å². The highest BCUT2D eigenvalue weighted by Gasteiger charge is 2.22. The summed E-state index contributed by atoms with van der Waals surface area (Å²) in [6, 6.07) is 9.80. The van der Waals surface area contributed by atoms with Crippen molar-refractivity contribution >= 4 is 11.5 Å². The van der Waals surface area contributed by atoms with Gasteiger partial charge in [-0.15, -0.1) is 0 Å². The van der Waals surface area contributed by atoms with Crippen LogP contribution in [0.5, 0.6) is 0 Å². The topological polar surface area (TPSA) is 55.1 Å². The van der Waals surface area contributed by atoms with E-state index in [4.69, 9.17) is 5.73 Å². The van der Waals surface area contributed by atoms with Crippen molar-refractivity contribution in [3.05, 3.63) is 41.5 Å². The van der Waals surface area contributed by atoms with Gasteiger partial charge in [-0.3, -0.25) is 4.79 Å². The van der Waals surface area contributed by atoms with E-state index in [1.165, 1.54) is 5.57 Å². The van der Waals surface area contributed by atoms with Crippen LogP contribution in [0.3, 0.4) is 0 Å². The van der Waals surface area contributed by atoms with E-state index in [-0.39, 0.29) is 5.91 Å². The molecule has 2 rings (SSSR count). The fourth-order valence-corrected chi connectivity index (χ4v) is 2.93. The zero-order chi connectivity index (χ0) is 13.7. The van der Waals surface area contributed by atoms with Crippen molar-refractivity contribution in [2.24, 2.45) is 11.7 Å². The first-order valence-electron chi connectivity index (χ1n) is 7.03. The molecule has 1 saturated heterocycles. The summed E-state index contributed by atoms with van der Waals surface area (Å²) in [5, 5.41) is 3.36. The van der Waals surface area contributed by atoms with E-state index in [9.17, 15) is 4.79 Å². The maximum absolute atomic E-state index is 11.9. The summed E-state index contributed by atoms with van der Waals surface area (Å²) in [6.45, 7) is 4.16. The Hall–Kier alpha value is -1.61. The Morgan fingerprint density at radius 1 is 1.26 bits per heavy atom. The van der Waals surface area contributed by atoms with Crippen LogP contribution in [0.15, 0.2) is 35.9 Å². The Balaban J connectivity index is 2.43. The molecular weight excluding hydrogens is 236 g/mol. The van der Waals surface area contributed by atoms with Crippen molar-refractivity contribution in [1.82, 2.24) is 5.32 Å². The molecule has 102 valence electrons. The molecule has 3 N–H and O–H groups in total.